The number of benzene rings is 3. The lowest BCUT2D eigenvalue weighted by Crippen LogP contribution is -2.17. The maximum absolute atomic E-state index is 6.05. The maximum atomic E-state index is 6.05. The summed E-state index contributed by atoms with van der Waals surface area (Å²) in [6.07, 6.45) is 0.953. The van der Waals surface area contributed by atoms with E-state index < -0.39 is 0 Å². The quantitative estimate of drug-likeness (QED) is 0.344. The topological polar surface area (TPSA) is 30.5 Å². The van der Waals surface area contributed by atoms with Gasteiger partial charge in [-0.3, -0.25) is 0 Å². The first-order chi connectivity index (χ1) is 14.2. The molecule has 0 saturated carbocycles. The molecule has 0 unspecified atom stereocenters. The summed E-state index contributed by atoms with van der Waals surface area (Å²) in [5, 5.41) is 4.26. The van der Waals surface area contributed by atoms with Crippen LogP contribution in [0.4, 0.5) is 0 Å². The third-order valence-electron chi connectivity index (χ3n) is 4.43. The average Bonchev–Trinajstić information content (AvgIpc) is 2.73. The Morgan fingerprint density at radius 3 is 2.38 bits per heavy atom. The molecule has 152 valence electrons. The van der Waals surface area contributed by atoms with Crippen LogP contribution >= 0.6 is 27.5 Å². The third kappa shape index (κ3) is 6.77. The summed E-state index contributed by atoms with van der Waals surface area (Å²) in [6, 6.07) is 22.2. The molecule has 3 rings (SSSR count). The fourth-order valence-electron chi connectivity index (χ4n) is 2.97. The molecule has 0 heterocycles. The second kappa shape index (κ2) is 11.2. The Kier molecular flexibility index (Phi) is 8.41. The van der Waals surface area contributed by atoms with Crippen LogP contribution in [-0.4, -0.2) is 13.2 Å². The fourth-order valence-corrected chi connectivity index (χ4v) is 3.70. The largest absolute Gasteiger partial charge is 0.490 e. The molecule has 0 radical (unpaired) electrons. The van der Waals surface area contributed by atoms with E-state index in [1.807, 2.05) is 55.5 Å². The van der Waals surface area contributed by atoms with Crippen molar-refractivity contribution < 1.29 is 9.47 Å². The molecular formula is C24H25BrClNO2. The Balaban J connectivity index is 1.59. The van der Waals surface area contributed by atoms with Crippen LogP contribution in [0.2, 0.25) is 5.02 Å². The van der Waals surface area contributed by atoms with E-state index in [2.05, 4.69) is 39.4 Å². The molecular weight excluding hydrogens is 450 g/mol. The van der Waals surface area contributed by atoms with E-state index >= 15 is 0 Å². The smallest absolute Gasteiger partial charge is 0.175 e. The second-order valence-electron chi connectivity index (χ2n) is 6.67. The van der Waals surface area contributed by atoms with Crippen molar-refractivity contribution in [2.24, 2.45) is 0 Å². The van der Waals surface area contributed by atoms with Crippen molar-refractivity contribution in [3.63, 3.8) is 0 Å². The minimum atomic E-state index is 0.498. The Morgan fingerprint density at radius 2 is 1.66 bits per heavy atom. The van der Waals surface area contributed by atoms with E-state index in [9.17, 15) is 0 Å². The SMILES string of the molecule is CCOc1cc(CNCCc2ccc(Cl)cc2)cc(Br)c1OCc1ccccc1. The highest BCUT2D eigenvalue weighted by Crippen LogP contribution is 2.37. The van der Waals surface area contributed by atoms with Crippen LogP contribution in [0.1, 0.15) is 23.6 Å². The molecule has 0 spiro atoms. The van der Waals surface area contributed by atoms with Crippen LogP contribution in [0, 0.1) is 0 Å². The monoisotopic (exact) mass is 473 g/mol. The minimum Gasteiger partial charge on any atom is -0.490 e. The summed E-state index contributed by atoms with van der Waals surface area (Å²) >= 11 is 9.58. The van der Waals surface area contributed by atoms with Crippen molar-refractivity contribution in [3.8, 4) is 11.5 Å². The van der Waals surface area contributed by atoms with Gasteiger partial charge in [-0.05, 0) is 76.8 Å². The molecule has 3 aromatic carbocycles. The van der Waals surface area contributed by atoms with Gasteiger partial charge in [0.15, 0.2) is 11.5 Å². The van der Waals surface area contributed by atoms with Gasteiger partial charge < -0.3 is 14.8 Å². The summed E-state index contributed by atoms with van der Waals surface area (Å²) in [7, 11) is 0. The van der Waals surface area contributed by atoms with Crippen LogP contribution in [0.15, 0.2) is 71.2 Å². The van der Waals surface area contributed by atoms with Gasteiger partial charge in [0.2, 0.25) is 0 Å². The van der Waals surface area contributed by atoms with Crippen molar-refractivity contribution in [2.45, 2.75) is 26.5 Å². The molecule has 0 aromatic heterocycles. The predicted octanol–water partition coefficient (Wildman–Crippen LogP) is 6.41. The lowest BCUT2D eigenvalue weighted by Gasteiger charge is -2.16. The molecule has 0 atom stereocenters. The van der Waals surface area contributed by atoms with Crippen LogP contribution in [-0.2, 0) is 19.6 Å². The molecule has 0 aliphatic rings. The van der Waals surface area contributed by atoms with Gasteiger partial charge in [-0.25, -0.2) is 0 Å². The summed E-state index contributed by atoms with van der Waals surface area (Å²) < 4.78 is 12.8. The van der Waals surface area contributed by atoms with Crippen LogP contribution in [0.5, 0.6) is 11.5 Å². The molecule has 1 N–H and O–H groups in total. The molecule has 29 heavy (non-hydrogen) atoms. The van der Waals surface area contributed by atoms with Gasteiger partial charge in [0.05, 0.1) is 11.1 Å². The molecule has 5 heteroatoms. The molecule has 0 fully saturated rings. The first kappa shape index (κ1) is 21.7. The number of halogens is 2. The summed E-state index contributed by atoms with van der Waals surface area (Å²) in [6.45, 7) is 4.70. The van der Waals surface area contributed by atoms with Gasteiger partial charge in [0, 0.05) is 11.6 Å². The number of nitrogens with one attached hydrogen (secondary N) is 1. The highest BCUT2D eigenvalue weighted by Gasteiger charge is 2.12. The molecule has 0 bridgehead atoms. The zero-order valence-electron chi connectivity index (χ0n) is 16.5. The third-order valence-corrected chi connectivity index (χ3v) is 5.27. The van der Waals surface area contributed by atoms with Crippen LogP contribution in [0.3, 0.4) is 0 Å². The van der Waals surface area contributed by atoms with Gasteiger partial charge in [0.25, 0.3) is 0 Å². The number of ether oxygens (including phenoxy) is 2. The highest BCUT2D eigenvalue weighted by atomic mass is 79.9. The minimum absolute atomic E-state index is 0.498. The zero-order valence-corrected chi connectivity index (χ0v) is 18.8. The van der Waals surface area contributed by atoms with Crippen molar-refractivity contribution >= 4 is 27.5 Å². The predicted molar refractivity (Wildman–Crippen MR) is 123 cm³/mol. The van der Waals surface area contributed by atoms with Gasteiger partial charge in [-0.15, -0.1) is 0 Å². The second-order valence-corrected chi connectivity index (χ2v) is 7.96. The standard InChI is InChI=1S/C24H25BrClNO2/c1-2-28-23-15-20(16-27-13-12-18-8-10-21(26)11-9-18)14-22(25)24(23)29-17-19-6-4-3-5-7-19/h3-11,14-15,27H,2,12-13,16-17H2,1H3. The molecule has 0 aliphatic heterocycles. The Labute approximate surface area is 186 Å². The van der Waals surface area contributed by atoms with Gasteiger partial charge in [-0.1, -0.05) is 54.1 Å². The Hall–Kier alpha value is -2.01. The Bertz CT molecular complexity index is 901. The molecule has 0 aliphatic carbocycles. The van der Waals surface area contributed by atoms with E-state index in [0.717, 1.165) is 51.6 Å². The van der Waals surface area contributed by atoms with E-state index in [4.69, 9.17) is 21.1 Å². The fraction of sp³-hybridized carbons (Fsp3) is 0.250. The Morgan fingerprint density at radius 1 is 0.897 bits per heavy atom. The van der Waals surface area contributed by atoms with E-state index in [1.54, 1.807) is 0 Å². The number of hydrogen-bond acceptors (Lipinski definition) is 3. The maximum Gasteiger partial charge on any atom is 0.175 e. The van der Waals surface area contributed by atoms with Gasteiger partial charge >= 0.3 is 0 Å². The number of rotatable bonds is 10. The lowest BCUT2D eigenvalue weighted by molar-refractivity contribution is 0.267. The molecule has 0 saturated heterocycles. The van der Waals surface area contributed by atoms with Crippen molar-refractivity contribution in [3.05, 3.63) is 92.9 Å². The summed E-state index contributed by atoms with van der Waals surface area (Å²) in [5.74, 6) is 1.49. The first-order valence-electron chi connectivity index (χ1n) is 9.73. The van der Waals surface area contributed by atoms with Crippen molar-refractivity contribution in [2.75, 3.05) is 13.2 Å². The molecule has 0 amide bonds. The zero-order chi connectivity index (χ0) is 20.5. The average molecular weight is 475 g/mol. The van der Waals surface area contributed by atoms with Crippen LogP contribution in [0.25, 0.3) is 0 Å². The molecule has 3 aromatic rings. The molecule has 3 nitrogen and oxygen atoms in total. The van der Waals surface area contributed by atoms with Crippen molar-refractivity contribution in [1.29, 1.82) is 0 Å². The normalized spacial score (nSPS) is 10.7. The van der Waals surface area contributed by atoms with Crippen molar-refractivity contribution in [1.82, 2.24) is 5.32 Å². The van der Waals surface area contributed by atoms with E-state index in [1.165, 1.54) is 5.56 Å². The van der Waals surface area contributed by atoms with E-state index in [0.29, 0.717) is 13.2 Å². The van der Waals surface area contributed by atoms with Crippen LogP contribution < -0.4 is 14.8 Å². The first-order valence-corrected chi connectivity index (χ1v) is 10.9. The summed E-state index contributed by atoms with van der Waals surface area (Å²) in [5.41, 5.74) is 3.53. The highest BCUT2D eigenvalue weighted by molar-refractivity contribution is 9.10. The van der Waals surface area contributed by atoms with Gasteiger partial charge in [0.1, 0.15) is 6.61 Å². The summed E-state index contributed by atoms with van der Waals surface area (Å²) in [4.78, 5) is 0. The van der Waals surface area contributed by atoms with Gasteiger partial charge in [-0.2, -0.15) is 0 Å². The number of hydrogen-bond donors (Lipinski definition) is 1. The van der Waals surface area contributed by atoms with E-state index in [-0.39, 0.29) is 0 Å². The lowest BCUT2D eigenvalue weighted by atomic mass is 10.1.